The van der Waals surface area contributed by atoms with Crippen molar-refractivity contribution in [3.63, 3.8) is 0 Å². The lowest BCUT2D eigenvalue weighted by molar-refractivity contribution is 0.0429. The van der Waals surface area contributed by atoms with Crippen LogP contribution < -0.4 is 5.32 Å². The minimum absolute atomic E-state index is 0.0117. The van der Waals surface area contributed by atoms with Gasteiger partial charge in [0.1, 0.15) is 5.76 Å². The maximum Gasteiger partial charge on any atom is 0.150 e. The molecular weight excluding hydrogens is 168 g/mol. The fourth-order valence-electron chi connectivity index (χ4n) is 0.837. The first kappa shape index (κ1) is 10.2. The van der Waals surface area contributed by atoms with E-state index in [9.17, 15) is 5.11 Å². The predicted octanol–water partition coefficient (Wildman–Crippen LogP) is 0.924. The summed E-state index contributed by atoms with van der Waals surface area (Å²) < 4.78 is 4.90. The Labute approximate surface area is 77.9 Å². The highest BCUT2D eigenvalue weighted by atomic mass is 16.5. The first-order valence-electron chi connectivity index (χ1n) is 4.35. The SMILES string of the molecule is CC(NCc1ccno1)C(C)(C)O. The quantitative estimate of drug-likeness (QED) is 0.730. The van der Waals surface area contributed by atoms with Gasteiger partial charge >= 0.3 is 0 Å². The molecule has 0 amide bonds. The zero-order valence-corrected chi connectivity index (χ0v) is 8.24. The van der Waals surface area contributed by atoms with Crippen molar-refractivity contribution in [2.75, 3.05) is 0 Å². The van der Waals surface area contributed by atoms with Crippen molar-refractivity contribution >= 4 is 0 Å². The van der Waals surface area contributed by atoms with Crippen molar-refractivity contribution in [1.29, 1.82) is 0 Å². The molecule has 0 aliphatic heterocycles. The monoisotopic (exact) mass is 184 g/mol. The predicted molar refractivity (Wildman–Crippen MR) is 49.1 cm³/mol. The summed E-state index contributed by atoms with van der Waals surface area (Å²) in [7, 11) is 0. The Balaban J connectivity index is 2.35. The Kier molecular flexibility index (Phi) is 3.06. The summed E-state index contributed by atoms with van der Waals surface area (Å²) in [5.41, 5.74) is -0.722. The third-order valence-electron chi connectivity index (χ3n) is 2.13. The van der Waals surface area contributed by atoms with E-state index in [1.54, 1.807) is 26.1 Å². The van der Waals surface area contributed by atoms with Gasteiger partial charge in [-0.05, 0) is 20.8 Å². The largest absolute Gasteiger partial charge is 0.389 e. The number of hydrogen-bond donors (Lipinski definition) is 2. The Bertz CT molecular complexity index is 239. The smallest absolute Gasteiger partial charge is 0.150 e. The van der Waals surface area contributed by atoms with Crippen LogP contribution >= 0.6 is 0 Å². The van der Waals surface area contributed by atoms with Crippen LogP contribution in [0.3, 0.4) is 0 Å². The van der Waals surface area contributed by atoms with Gasteiger partial charge in [-0.3, -0.25) is 0 Å². The molecular formula is C9H16N2O2. The second-order valence-corrected chi connectivity index (χ2v) is 3.73. The molecule has 0 spiro atoms. The molecule has 0 aliphatic carbocycles. The van der Waals surface area contributed by atoms with E-state index in [1.807, 2.05) is 6.92 Å². The minimum Gasteiger partial charge on any atom is -0.389 e. The summed E-state index contributed by atoms with van der Waals surface area (Å²) in [6.07, 6.45) is 1.60. The zero-order chi connectivity index (χ0) is 9.90. The standard InChI is InChI=1S/C9H16N2O2/c1-7(9(2,3)12)10-6-8-4-5-11-13-8/h4-5,7,10,12H,6H2,1-3H3. The van der Waals surface area contributed by atoms with Gasteiger partial charge in [-0.25, -0.2) is 0 Å². The molecule has 1 unspecified atom stereocenters. The summed E-state index contributed by atoms with van der Waals surface area (Å²) in [6, 6.07) is 1.81. The summed E-state index contributed by atoms with van der Waals surface area (Å²) in [5.74, 6) is 0.774. The molecule has 13 heavy (non-hydrogen) atoms. The molecule has 1 rings (SSSR count). The maximum absolute atomic E-state index is 9.61. The van der Waals surface area contributed by atoms with E-state index >= 15 is 0 Å². The molecule has 0 aromatic carbocycles. The van der Waals surface area contributed by atoms with Gasteiger partial charge in [-0.15, -0.1) is 0 Å². The molecule has 0 saturated heterocycles. The molecule has 0 radical (unpaired) electrons. The molecule has 0 bridgehead atoms. The maximum atomic E-state index is 9.61. The highest BCUT2D eigenvalue weighted by Gasteiger charge is 2.21. The van der Waals surface area contributed by atoms with Crippen LogP contribution in [0.4, 0.5) is 0 Å². The molecule has 0 aliphatic rings. The fourth-order valence-corrected chi connectivity index (χ4v) is 0.837. The van der Waals surface area contributed by atoms with Gasteiger partial charge in [-0.2, -0.15) is 0 Å². The van der Waals surface area contributed by atoms with Crippen LogP contribution in [0, 0.1) is 0 Å². The normalized spacial score (nSPS) is 14.5. The van der Waals surface area contributed by atoms with Crippen molar-refractivity contribution in [2.45, 2.75) is 39.0 Å². The van der Waals surface area contributed by atoms with Gasteiger partial charge < -0.3 is 14.9 Å². The number of nitrogens with one attached hydrogen (secondary N) is 1. The molecule has 1 atom stereocenters. The van der Waals surface area contributed by atoms with E-state index in [1.165, 1.54) is 0 Å². The van der Waals surface area contributed by atoms with Crippen LogP contribution in [0.25, 0.3) is 0 Å². The van der Waals surface area contributed by atoms with E-state index in [-0.39, 0.29) is 6.04 Å². The second-order valence-electron chi connectivity index (χ2n) is 3.73. The van der Waals surface area contributed by atoms with Crippen LogP contribution in [0.2, 0.25) is 0 Å². The van der Waals surface area contributed by atoms with E-state index in [2.05, 4.69) is 10.5 Å². The average molecular weight is 184 g/mol. The Morgan fingerprint density at radius 3 is 2.85 bits per heavy atom. The summed E-state index contributed by atoms with van der Waals surface area (Å²) in [4.78, 5) is 0. The molecule has 4 heteroatoms. The highest BCUT2D eigenvalue weighted by Crippen LogP contribution is 2.08. The number of hydrogen-bond acceptors (Lipinski definition) is 4. The van der Waals surface area contributed by atoms with E-state index in [0.717, 1.165) is 5.76 Å². The molecule has 0 saturated carbocycles. The van der Waals surface area contributed by atoms with E-state index < -0.39 is 5.60 Å². The Hall–Kier alpha value is -0.870. The van der Waals surface area contributed by atoms with Crippen LogP contribution in [-0.2, 0) is 6.54 Å². The lowest BCUT2D eigenvalue weighted by Crippen LogP contribution is -2.44. The van der Waals surface area contributed by atoms with Gasteiger partial charge in [-0.1, -0.05) is 5.16 Å². The minimum atomic E-state index is -0.722. The van der Waals surface area contributed by atoms with Crippen LogP contribution in [0.15, 0.2) is 16.8 Å². The van der Waals surface area contributed by atoms with Crippen molar-refractivity contribution in [3.8, 4) is 0 Å². The molecule has 4 nitrogen and oxygen atoms in total. The van der Waals surface area contributed by atoms with Gasteiger partial charge in [0.15, 0.2) is 0 Å². The van der Waals surface area contributed by atoms with Crippen molar-refractivity contribution in [3.05, 3.63) is 18.0 Å². The third-order valence-corrected chi connectivity index (χ3v) is 2.13. The van der Waals surface area contributed by atoms with Crippen molar-refractivity contribution in [2.24, 2.45) is 0 Å². The van der Waals surface area contributed by atoms with E-state index in [0.29, 0.717) is 6.54 Å². The van der Waals surface area contributed by atoms with Crippen LogP contribution in [0.5, 0.6) is 0 Å². The highest BCUT2D eigenvalue weighted by molar-refractivity contribution is 4.93. The zero-order valence-electron chi connectivity index (χ0n) is 8.24. The molecule has 1 aromatic rings. The Morgan fingerprint density at radius 1 is 1.69 bits per heavy atom. The van der Waals surface area contributed by atoms with Crippen molar-refractivity contribution < 1.29 is 9.63 Å². The van der Waals surface area contributed by atoms with Crippen molar-refractivity contribution in [1.82, 2.24) is 10.5 Å². The first-order valence-corrected chi connectivity index (χ1v) is 4.35. The van der Waals surface area contributed by atoms with Gasteiger partial charge in [0, 0.05) is 12.1 Å². The van der Waals surface area contributed by atoms with E-state index in [4.69, 9.17) is 4.52 Å². The number of nitrogens with zero attached hydrogens (tertiary/aromatic N) is 1. The third kappa shape index (κ3) is 3.16. The number of aliphatic hydroxyl groups is 1. The fraction of sp³-hybridized carbons (Fsp3) is 0.667. The van der Waals surface area contributed by atoms with Gasteiger partial charge in [0.25, 0.3) is 0 Å². The first-order chi connectivity index (χ1) is 6.00. The van der Waals surface area contributed by atoms with Crippen LogP contribution in [0.1, 0.15) is 26.5 Å². The second kappa shape index (κ2) is 3.89. The molecule has 2 N–H and O–H groups in total. The summed E-state index contributed by atoms with van der Waals surface area (Å²) >= 11 is 0. The average Bonchev–Trinajstić information content (AvgIpc) is 2.50. The van der Waals surface area contributed by atoms with Gasteiger partial charge in [0.05, 0.1) is 18.3 Å². The lowest BCUT2D eigenvalue weighted by Gasteiger charge is -2.26. The molecule has 1 heterocycles. The summed E-state index contributed by atoms with van der Waals surface area (Å²) in [6.45, 7) is 6.05. The molecule has 74 valence electrons. The van der Waals surface area contributed by atoms with Crippen LogP contribution in [-0.4, -0.2) is 21.9 Å². The number of aromatic nitrogens is 1. The Morgan fingerprint density at radius 2 is 2.38 bits per heavy atom. The summed E-state index contributed by atoms with van der Waals surface area (Å²) in [5, 5.41) is 16.3. The lowest BCUT2D eigenvalue weighted by atomic mass is 10.0. The van der Waals surface area contributed by atoms with Gasteiger partial charge in [0.2, 0.25) is 0 Å². The topological polar surface area (TPSA) is 58.3 Å². The number of rotatable bonds is 4. The molecule has 0 fully saturated rings. The molecule has 1 aromatic heterocycles.